The second-order valence-electron chi connectivity index (χ2n) is 6.47. The molecule has 26 heavy (non-hydrogen) atoms. The van der Waals surface area contributed by atoms with Crippen molar-refractivity contribution in [1.82, 2.24) is 4.98 Å². The normalized spacial score (nSPS) is 14.7. The molecule has 1 amide bonds. The van der Waals surface area contributed by atoms with Gasteiger partial charge in [0.1, 0.15) is 5.69 Å². The standard InChI is InChI=1S/C19H25N3OS2.ClH/c1-13-11-15(25-14-5-3-2-4-6-14)7-8-16(13)22-19(23)17-12-24-18(21-17)9-10-20;/h7-8,11-12,14H,2-6,9-10,20H2,1H3,(H,22,23);1H. The van der Waals surface area contributed by atoms with Gasteiger partial charge in [-0.25, -0.2) is 4.98 Å². The van der Waals surface area contributed by atoms with E-state index in [9.17, 15) is 4.79 Å². The molecule has 7 heteroatoms. The number of rotatable bonds is 6. The van der Waals surface area contributed by atoms with Crippen LogP contribution in [0.1, 0.15) is 53.2 Å². The van der Waals surface area contributed by atoms with E-state index in [4.69, 9.17) is 5.73 Å². The number of thiazole rings is 1. The molecule has 1 heterocycles. The van der Waals surface area contributed by atoms with Gasteiger partial charge in [-0.15, -0.1) is 35.5 Å². The molecule has 1 aliphatic carbocycles. The summed E-state index contributed by atoms with van der Waals surface area (Å²) in [6, 6.07) is 6.30. The largest absolute Gasteiger partial charge is 0.330 e. The van der Waals surface area contributed by atoms with Crippen LogP contribution in [0.4, 0.5) is 5.69 Å². The molecule has 142 valence electrons. The second kappa shape index (κ2) is 10.3. The molecule has 0 saturated heterocycles. The summed E-state index contributed by atoms with van der Waals surface area (Å²) in [6.07, 6.45) is 7.43. The summed E-state index contributed by atoms with van der Waals surface area (Å²) in [6.45, 7) is 2.59. The molecular weight excluding hydrogens is 386 g/mol. The summed E-state index contributed by atoms with van der Waals surface area (Å²) in [5.74, 6) is -0.157. The fourth-order valence-electron chi connectivity index (χ4n) is 3.06. The molecule has 0 bridgehead atoms. The molecule has 2 aromatic rings. The third-order valence-electron chi connectivity index (χ3n) is 4.44. The topological polar surface area (TPSA) is 68.0 Å². The SMILES string of the molecule is Cc1cc(SC2CCCCC2)ccc1NC(=O)c1csc(CCN)n1.Cl. The van der Waals surface area contributed by atoms with E-state index in [-0.39, 0.29) is 18.3 Å². The zero-order chi connectivity index (χ0) is 17.6. The summed E-state index contributed by atoms with van der Waals surface area (Å²) in [7, 11) is 0. The predicted octanol–water partition coefficient (Wildman–Crippen LogP) is 5.05. The maximum Gasteiger partial charge on any atom is 0.275 e. The van der Waals surface area contributed by atoms with E-state index in [1.54, 1.807) is 5.38 Å². The first-order valence-corrected chi connectivity index (χ1v) is 10.6. The summed E-state index contributed by atoms with van der Waals surface area (Å²) < 4.78 is 0. The lowest BCUT2D eigenvalue weighted by atomic mass is 10.0. The minimum Gasteiger partial charge on any atom is -0.330 e. The van der Waals surface area contributed by atoms with Crippen molar-refractivity contribution in [3.05, 3.63) is 39.8 Å². The Morgan fingerprint density at radius 1 is 1.35 bits per heavy atom. The molecule has 1 saturated carbocycles. The van der Waals surface area contributed by atoms with Crippen LogP contribution in [0.15, 0.2) is 28.5 Å². The average Bonchev–Trinajstić information content (AvgIpc) is 3.07. The molecule has 0 spiro atoms. The first-order valence-electron chi connectivity index (χ1n) is 8.89. The zero-order valence-electron chi connectivity index (χ0n) is 15.0. The van der Waals surface area contributed by atoms with Crippen molar-refractivity contribution in [2.75, 3.05) is 11.9 Å². The summed E-state index contributed by atoms with van der Waals surface area (Å²) >= 11 is 3.46. The number of halogens is 1. The highest BCUT2D eigenvalue weighted by Crippen LogP contribution is 2.35. The highest BCUT2D eigenvalue weighted by Gasteiger charge is 2.16. The van der Waals surface area contributed by atoms with Crippen molar-refractivity contribution in [2.24, 2.45) is 5.73 Å². The van der Waals surface area contributed by atoms with Gasteiger partial charge >= 0.3 is 0 Å². The molecule has 1 aromatic heterocycles. The monoisotopic (exact) mass is 411 g/mol. The van der Waals surface area contributed by atoms with Crippen LogP contribution in [-0.4, -0.2) is 22.7 Å². The van der Waals surface area contributed by atoms with Gasteiger partial charge in [0.05, 0.1) is 5.01 Å². The Morgan fingerprint density at radius 3 is 2.81 bits per heavy atom. The van der Waals surface area contributed by atoms with E-state index < -0.39 is 0 Å². The maximum atomic E-state index is 12.4. The van der Waals surface area contributed by atoms with Crippen molar-refractivity contribution in [2.45, 2.75) is 55.6 Å². The van der Waals surface area contributed by atoms with E-state index in [1.807, 2.05) is 24.8 Å². The van der Waals surface area contributed by atoms with Crippen LogP contribution in [0, 0.1) is 6.92 Å². The lowest BCUT2D eigenvalue weighted by Crippen LogP contribution is -2.13. The van der Waals surface area contributed by atoms with Crippen LogP contribution in [0.5, 0.6) is 0 Å². The molecule has 0 atom stereocenters. The van der Waals surface area contributed by atoms with E-state index in [0.29, 0.717) is 18.7 Å². The van der Waals surface area contributed by atoms with Crippen LogP contribution in [0.3, 0.4) is 0 Å². The van der Waals surface area contributed by atoms with E-state index >= 15 is 0 Å². The minimum absolute atomic E-state index is 0. The number of benzene rings is 1. The van der Waals surface area contributed by atoms with Crippen LogP contribution in [0.2, 0.25) is 0 Å². The lowest BCUT2D eigenvalue weighted by Gasteiger charge is -2.21. The molecule has 0 aliphatic heterocycles. The Balaban J connectivity index is 0.00000243. The number of aryl methyl sites for hydroxylation is 1. The third kappa shape index (κ3) is 5.71. The van der Waals surface area contributed by atoms with Gasteiger partial charge in [0, 0.05) is 27.6 Å². The van der Waals surface area contributed by atoms with Crippen molar-refractivity contribution < 1.29 is 4.79 Å². The summed E-state index contributed by atoms with van der Waals surface area (Å²) in [5, 5.41) is 6.42. The van der Waals surface area contributed by atoms with Gasteiger partial charge in [0.25, 0.3) is 5.91 Å². The van der Waals surface area contributed by atoms with Crippen LogP contribution in [0.25, 0.3) is 0 Å². The highest BCUT2D eigenvalue weighted by molar-refractivity contribution is 8.00. The van der Waals surface area contributed by atoms with Crippen molar-refractivity contribution >= 4 is 47.1 Å². The molecule has 0 unspecified atom stereocenters. The zero-order valence-corrected chi connectivity index (χ0v) is 17.4. The quantitative estimate of drug-likeness (QED) is 0.697. The minimum atomic E-state index is -0.157. The van der Waals surface area contributed by atoms with E-state index in [2.05, 4.69) is 22.4 Å². The van der Waals surface area contributed by atoms with Crippen LogP contribution in [-0.2, 0) is 6.42 Å². The molecule has 3 rings (SSSR count). The third-order valence-corrected chi connectivity index (χ3v) is 6.68. The molecule has 1 aliphatic rings. The van der Waals surface area contributed by atoms with Gasteiger partial charge < -0.3 is 11.1 Å². The summed E-state index contributed by atoms with van der Waals surface area (Å²) in [5.41, 5.74) is 7.94. The van der Waals surface area contributed by atoms with Crippen molar-refractivity contribution in [1.29, 1.82) is 0 Å². The molecule has 3 N–H and O–H groups in total. The fourth-order valence-corrected chi connectivity index (χ4v) is 5.20. The molecule has 0 radical (unpaired) electrons. The number of carbonyl (C=O) groups is 1. The lowest BCUT2D eigenvalue weighted by molar-refractivity contribution is 0.102. The fraction of sp³-hybridized carbons (Fsp3) is 0.474. The van der Waals surface area contributed by atoms with Crippen molar-refractivity contribution in [3.8, 4) is 0 Å². The number of carbonyl (C=O) groups excluding carboxylic acids is 1. The predicted molar refractivity (Wildman–Crippen MR) is 114 cm³/mol. The van der Waals surface area contributed by atoms with Gasteiger partial charge in [-0.3, -0.25) is 4.79 Å². The van der Waals surface area contributed by atoms with Crippen molar-refractivity contribution in [3.63, 3.8) is 0 Å². The smallest absolute Gasteiger partial charge is 0.275 e. The maximum absolute atomic E-state index is 12.4. The number of nitrogens with zero attached hydrogens (tertiary/aromatic N) is 1. The first-order chi connectivity index (χ1) is 12.2. The number of aromatic nitrogens is 1. The van der Waals surface area contributed by atoms with Crippen LogP contribution >= 0.6 is 35.5 Å². The Bertz CT molecular complexity index is 729. The second-order valence-corrected chi connectivity index (χ2v) is 8.79. The van der Waals surface area contributed by atoms with Crippen LogP contribution < -0.4 is 11.1 Å². The molecule has 1 aromatic carbocycles. The molecular formula is C19H26ClN3OS2. The summed E-state index contributed by atoms with van der Waals surface area (Å²) in [4.78, 5) is 18.0. The molecule has 1 fully saturated rings. The van der Waals surface area contributed by atoms with Gasteiger partial charge in [0.2, 0.25) is 0 Å². The van der Waals surface area contributed by atoms with Gasteiger partial charge in [-0.1, -0.05) is 19.3 Å². The average molecular weight is 412 g/mol. The van der Waals surface area contributed by atoms with E-state index in [1.165, 1.54) is 48.3 Å². The number of nitrogens with one attached hydrogen (secondary N) is 1. The number of hydrogen-bond acceptors (Lipinski definition) is 5. The number of thioether (sulfide) groups is 1. The van der Waals surface area contributed by atoms with Gasteiger partial charge in [-0.2, -0.15) is 0 Å². The number of nitrogens with two attached hydrogens (primary N) is 1. The molecule has 4 nitrogen and oxygen atoms in total. The van der Waals surface area contributed by atoms with Gasteiger partial charge in [-0.05, 0) is 50.1 Å². The Morgan fingerprint density at radius 2 is 2.12 bits per heavy atom. The first kappa shape index (κ1) is 21.2. The number of amides is 1. The Hall–Kier alpha value is -1.08. The number of hydrogen-bond donors (Lipinski definition) is 2. The van der Waals surface area contributed by atoms with Gasteiger partial charge in [0.15, 0.2) is 0 Å². The van der Waals surface area contributed by atoms with E-state index in [0.717, 1.165) is 21.5 Å². The Labute approximate surface area is 169 Å². The highest BCUT2D eigenvalue weighted by atomic mass is 35.5. The Kier molecular flexibility index (Phi) is 8.41. The number of anilines is 1.